The van der Waals surface area contributed by atoms with E-state index in [2.05, 4.69) is 16.6 Å². The van der Waals surface area contributed by atoms with Gasteiger partial charge in [0.2, 0.25) is 10.0 Å². The highest BCUT2D eigenvalue weighted by Gasteiger charge is 2.14. The van der Waals surface area contributed by atoms with Crippen molar-refractivity contribution >= 4 is 15.9 Å². The maximum absolute atomic E-state index is 11.8. The van der Waals surface area contributed by atoms with Gasteiger partial charge in [0.1, 0.15) is 0 Å². The maximum atomic E-state index is 11.8. The summed E-state index contributed by atoms with van der Waals surface area (Å²) in [5.74, 6) is -0.300. The molecule has 7 heteroatoms. The molecule has 0 bridgehead atoms. The van der Waals surface area contributed by atoms with E-state index in [-0.39, 0.29) is 23.8 Å². The summed E-state index contributed by atoms with van der Waals surface area (Å²) in [5, 5.41) is 11.0. The molecule has 1 amide bonds. The van der Waals surface area contributed by atoms with Gasteiger partial charge < -0.3 is 5.32 Å². The van der Waals surface area contributed by atoms with Crippen LogP contribution in [0.15, 0.2) is 41.8 Å². The molecule has 0 saturated carbocycles. The Morgan fingerprint density at radius 3 is 2.55 bits per heavy atom. The predicted octanol–water partition coefficient (Wildman–Crippen LogP) is 0.794. The van der Waals surface area contributed by atoms with Gasteiger partial charge in [0, 0.05) is 25.1 Å². The lowest BCUT2D eigenvalue weighted by Crippen LogP contribution is -2.25. The molecule has 1 aromatic carbocycles. The lowest BCUT2D eigenvalue weighted by Gasteiger charge is -2.06. The van der Waals surface area contributed by atoms with E-state index in [1.54, 1.807) is 6.08 Å². The molecule has 20 heavy (non-hydrogen) atoms. The molecule has 106 valence electrons. The summed E-state index contributed by atoms with van der Waals surface area (Å²) >= 11 is 0. The summed E-state index contributed by atoms with van der Waals surface area (Å²) < 4.78 is 25.9. The quantitative estimate of drug-likeness (QED) is 0.573. The lowest BCUT2D eigenvalue weighted by atomic mass is 10.2. The molecule has 0 aliphatic carbocycles. The van der Waals surface area contributed by atoms with Crippen LogP contribution in [0.4, 0.5) is 0 Å². The van der Waals surface area contributed by atoms with E-state index in [1.165, 1.54) is 24.3 Å². The Labute approximate surface area is 118 Å². The summed E-state index contributed by atoms with van der Waals surface area (Å²) in [6.07, 6.45) is 1.65. The van der Waals surface area contributed by atoms with Gasteiger partial charge in [-0.15, -0.1) is 6.58 Å². The van der Waals surface area contributed by atoms with Crippen LogP contribution in [0, 0.1) is 11.3 Å². The van der Waals surface area contributed by atoms with E-state index in [4.69, 9.17) is 5.26 Å². The second-order valence-corrected chi connectivity index (χ2v) is 5.60. The van der Waals surface area contributed by atoms with Crippen LogP contribution in [0.5, 0.6) is 0 Å². The van der Waals surface area contributed by atoms with Crippen LogP contribution < -0.4 is 10.0 Å². The van der Waals surface area contributed by atoms with Crippen molar-refractivity contribution in [2.45, 2.75) is 11.3 Å². The van der Waals surface area contributed by atoms with Gasteiger partial charge in [-0.2, -0.15) is 5.26 Å². The fourth-order valence-electron chi connectivity index (χ4n) is 1.38. The smallest absolute Gasteiger partial charge is 0.251 e. The number of carbonyl (C=O) groups excluding carboxylic acids is 1. The van der Waals surface area contributed by atoms with Crippen molar-refractivity contribution < 1.29 is 13.2 Å². The molecule has 0 aliphatic heterocycles. The molecule has 1 aromatic rings. The van der Waals surface area contributed by atoms with E-state index in [9.17, 15) is 13.2 Å². The van der Waals surface area contributed by atoms with Crippen LogP contribution in [0.3, 0.4) is 0 Å². The third kappa shape index (κ3) is 4.50. The Bertz CT molecular complexity index is 615. The number of hydrogen-bond donors (Lipinski definition) is 2. The molecule has 0 fully saturated rings. The van der Waals surface area contributed by atoms with Crippen molar-refractivity contribution in [2.24, 2.45) is 0 Å². The van der Waals surface area contributed by atoms with Crippen LogP contribution in [-0.2, 0) is 10.0 Å². The molecule has 0 atom stereocenters. The average molecular weight is 293 g/mol. The van der Waals surface area contributed by atoms with Crippen molar-refractivity contribution in [1.29, 1.82) is 5.26 Å². The van der Waals surface area contributed by atoms with Gasteiger partial charge in [0.25, 0.3) is 5.91 Å². The highest BCUT2D eigenvalue weighted by Crippen LogP contribution is 2.10. The molecule has 2 N–H and O–H groups in total. The van der Waals surface area contributed by atoms with Crippen LogP contribution in [-0.4, -0.2) is 27.4 Å². The van der Waals surface area contributed by atoms with Crippen molar-refractivity contribution in [2.75, 3.05) is 13.1 Å². The van der Waals surface area contributed by atoms with Gasteiger partial charge in [0.05, 0.1) is 11.0 Å². The van der Waals surface area contributed by atoms with E-state index in [0.29, 0.717) is 12.1 Å². The predicted molar refractivity (Wildman–Crippen MR) is 74.4 cm³/mol. The summed E-state index contributed by atoms with van der Waals surface area (Å²) in [7, 11) is -3.64. The van der Waals surface area contributed by atoms with Gasteiger partial charge in [-0.3, -0.25) is 4.79 Å². The van der Waals surface area contributed by atoms with Crippen LogP contribution >= 0.6 is 0 Å². The largest absolute Gasteiger partial charge is 0.349 e. The maximum Gasteiger partial charge on any atom is 0.251 e. The summed E-state index contributed by atoms with van der Waals surface area (Å²) in [6.45, 7) is 3.88. The first-order valence-corrected chi connectivity index (χ1v) is 7.35. The summed E-state index contributed by atoms with van der Waals surface area (Å²) in [6, 6.07) is 7.39. The Kier molecular flexibility index (Phi) is 5.90. The van der Waals surface area contributed by atoms with Gasteiger partial charge in [-0.1, -0.05) is 6.08 Å². The average Bonchev–Trinajstić information content (AvgIpc) is 2.45. The number of hydrogen-bond acceptors (Lipinski definition) is 4. The number of carbonyl (C=O) groups is 1. The lowest BCUT2D eigenvalue weighted by molar-refractivity contribution is 0.0958. The zero-order valence-electron chi connectivity index (χ0n) is 10.8. The molecule has 0 saturated heterocycles. The minimum absolute atomic E-state index is 0.0516. The molecule has 6 nitrogen and oxygen atoms in total. The van der Waals surface area contributed by atoms with Gasteiger partial charge >= 0.3 is 0 Å². The molecule has 0 unspecified atom stereocenters. The first-order valence-electron chi connectivity index (χ1n) is 5.87. The number of amides is 1. The first kappa shape index (κ1) is 15.9. The number of nitrogens with one attached hydrogen (secondary N) is 2. The fraction of sp³-hybridized carbons (Fsp3) is 0.231. The number of rotatable bonds is 7. The third-order valence-corrected chi connectivity index (χ3v) is 3.84. The molecule has 0 radical (unpaired) electrons. The molecule has 0 aliphatic rings. The monoisotopic (exact) mass is 293 g/mol. The molecular formula is C13H15N3O3S. The first-order chi connectivity index (χ1) is 9.51. The second kappa shape index (κ2) is 7.43. The number of benzene rings is 1. The van der Waals surface area contributed by atoms with Crippen LogP contribution in [0.2, 0.25) is 0 Å². The van der Waals surface area contributed by atoms with Gasteiger partial charge in [0.15, 0.2) is 0 Å². The topological polar surface area (TPSA) is 99.1 Å². The minimum atomic E-state index is -3.64. The third-order valence-electron chi connectivity index (χ3n) is 2.36. The standard InChI is InChI=1S/C13H15N3O3S/c1-2-9-15-13(17)11-4-6-12(7-5-11)20(18,19)16-10-3-8-14/h2,4-7,16H,1,3,9-10H2,(H,15,17). The Hall–Kier alpha value is -2.17. The Morgan fingerprint density at radius 1 is 1.35 bits per heavy atom. The molecule has 0 spiro atoms. The Balaban J connectivity index is 2.78. The van der Waals surface area contributed by atoms with E-state index >= 15 is 0 Å². The molecular weight excluding hydrogens is 278 g/mol. The van der Waals surface area contributed by atoms with Crippen molar-refractivity contribution in [3.05, 3.63) is 42.5 Å². The summed E-state index contributed by atoms with van der Waals surface area (Å²) in [5.41, 5.74) is 0.364. The molecule has 0 aromatic heterocycles. The highest BCUT2D eigenvalue weighted by atomic mass is 32.2. The van der Waals surface area contributed by atoms with Crippen molar-refractivity contribution in [1.82, 2.24) is 10.0 Å². The van der Waals surface area contributed by atoms with Crippen molar-refractivity contribution in [3.8, 4) is 6.07 Å². The molecule has 0 heterocycles. The number of sulfonamides is 1. The van der Waals surface area contributed by atoms with E-state index in [1.807, 2.05) is 6.07 Å². The molecule has 1 rings (SSSR count). The normalized spacial score (nSPS) is 10.6. The van der Waals surface area contributed by atoms with E-state index < -0.39 is 10.0 Å². The Morgan fingerprint density at radius 2 is 2.00 bits per heavy atom. The van der Waals surface area contributed by atoms with E-state index in [0.717, 1.165) is 0 Å². The zero-order chi connectivity index (χ0) is 15.0. The number of nitrogens with zero attached hydrogens (tertiary/aromatic N) is 1. The van der Waals surface area contributed by atoms with Gasteiger partial charge in [-0.25, -0.2) is 13.1 Å². The SMILES string of the molecule is C=CCNC(=O)c1ccc(S(=O)(=O)NCCC#N)cc1. The van der Waals surface area contributed by atoms with Gasteiger partial charge in [-0.05, 0) is 24.3 Å². The second-order valence-electron chi connectivity index (χ2n) is 3.83. The minimum Gasteiger partial charge on any atom is -0.349 e. The number of nitriles is 1. The van der Waals surface area contributed by atoms with Crippen LogP contribution in [0.25, 0.3) is 0 Å². The fourth-order valence-corrected chi connectivity index (χ4v) is 2.41. The zero-order valence-corrected chi connectivity index (χ0v) is 11.6. The highest BCUT2D eigenvalue weighted by molar-refractivity contribution is 7.89. The summed E-state index contributed by atoms with van der Waals surface area (Å²) in [4.78, 5) is 11.7. The van der Waals surface area contributed by atoms with Crippen LogP contribution in [0.1, 0.15) is 16.8 Å². The van der Waals surface area contributed by atoms with Crippen molar-refractivity contribution in [3.63, 3.8) is 0 Å².